The van der Waals surface area contributed by atoms with E-state index in [-0.39, 0.29) is 27.7 Å². The topological polar surface area (TPSA) is 156 Å². The number of sulfonamides is 2. The lowest BCUT2D eigenvalue weighted by molar-refractivity contribution is 0.0694. The molecule has 236 valence electrons. The Kier molecular flexibility index (Phi) is 7.56. The number of aromatic carboxylic acids is 1. The molecule has 0 radical (unpaired) electrons. The fourth-order valence-corrected chi connectivity index (χ4v) is 7.25. The Balaban J connectivity index is 1.55. The summed E-state index contributed by atoms with van der Waals surface area (Å²) in [5.41, 5.74) is -2.17. The molecule has 2 aromatic heterocycles. The summed E-state index contributed by atoms with van der Waals surface area (Å²) in [6.07, 6.45) is 2.37. The normalized spacial score (nSPS) is 13.5. The first-order chi connectivity index (χ1) is 21.8. The lowest BCUT2D eigenvalue weighted by atomic mass is 10.1. The van der Waals surface area contributed by atoms with Crippen LogP contribution in [-0.2, 0) is 20.0 Å². The van der Waals surface area contributed by atoms with Crippen LogP contribution >= 0.6 is 0 Å². The van der Waals surface area contributed by atoms with Gasteiger partial charge < -0.3 is 9.67 Å². The van der Waals surface area contributed by atoms with E-state index in [1.807, 2.05) is 0 Å². The third kappa shape index (κ3) is 5.67. The Morgan fingerprint density at radius 2 is 1.50 bits per heavy atom. The Hall–Kier alpha value is -5.22. The molecule has 1 aliphatic carbocycles. The molecule has 2 N–H and O–H groups in total. The van der Waals surface area contributed by atoms with E-state index >= 15 is 4.39 Å². The summed E-state index contributed by atoms with van der Waals surface area (Å²) in [4.78, 5) is 28.1. The van der Waals surface area contributed by atoms with E-state index in [1.54, 1.807) is 0 Å². The standard InChI is InChI=1S/C30H21F3N4O7S2/c31-17-4-10-20(11-5-17)45(41,42)35-27-2-1-3-28(34-27)37(46(43,44)21-12-6-18(32)7-13-21)26-15-25-22(14-24(26)33)29(38)23(30(39)40)16-36(25)19-8-9-19/h1-7,10-16,19H,8-9H2,(H,34,35)(H,39,40). The summed E-state index contributed by atoms with van der Waals surface area (Å²) in [6, 6.07) is 12.7. The Morgan fingerprint density at radius 1 is 0.891 bits per heavy atom. The minimum Gasteiger partial charge on any atom is -0.477 e. The first-order valence-electron chi connectivity index (χ1n) is 13.4. The van der Waals surface area contributed by atoms with E-state index in [9.17, 15) is 40.3 Å². The summed E-state index contributed by atoms with van der Waals surface area (Å²) in [5.74, 6) is -5.08. The van der Waals surface area contributed by atoms with Crippen molar-refractivity contribution in [3.05, 3.63) is 118 Å². The Bertz CT molecular complexity index is 2310. The van der Waals surface area contributed by atoms with Crippen molar-refractivity contribution in [1.29, 1.82) is 0 Å². The van der Waals surface area contributed by atoms with Crippen molar-refractivity contribution in [2.75, 3.05) is 9.03 Å². The second kappa shape index (κ2) is 11.3. The zero-order valence-electron chi connectivity index (χ0n) is 23.3. The third-order valence-electron chi connectivity index (χ3n) is 7.15. The number of rotatable bonds is 9. The van der Waals surface area contributed by atoms with Crippen molar-refractivity contribution < 1.29 is 39.9 Å². The van der Waals surface area contributed by atoms with E-state index < -0.39 is 70.9 Å². The molecule has 46 heavy (non-hydrogen) atoms. The van der Waals surface area contributed by atoms with Gasteiger partial charge in [-0.3, -0.25) is 9.52 Å². The molecule has 5 aromatic rings. The van der Waals surface area contributed by atoms with Crippen LogP contribution in [0.15, 0.2) is 99.6 Å². The van der Waals surface area contributed by atoms with Crippen LogP contribution in [0.3, 0.4) is 0 Å². The molecule has 0 saturated heterocycles. The molecular weight excluding hydrogens is 649 g/mol. The fraction of sp³-hybridized carbons (Fsp3) is 0.100. The van der Waals surface area contributed by atoms with E-state index in [4.69, 9.17) is 0 Å². The highest BCUT2D eigenvalue weighted by atomic mass is 32.2. The van der Waals surface area contributed by atoms with Crippen LogP contribution in [0, 0.1) is 17.5 Å². The molecule has 3 aromatic carbocycles. The number of nitrogens with one attached hydrogen (secondary N) is 1. The minimum atomic E-state index is -4.82. The molecule has 1 saturated carbocycles. The van der Waals surface area contributed by atoms with E-state index in [1.165, 1.54) is 16.7 Å². The number of pyridine rings is 2. The monoisotopic (exact) mass is 670 g/mol. The van der Waals surface area contributed by atoms with Gasteiger partial charge in [0.15, 0.2) is 0 Å². The van der Waals surface area contributed by atoms with Crippen LogP contribution in [0.4, 0.5) is 30.5 Å². The van der Waals surface area contributed by atoms with Crippen molar-refractivity contribution >= 4 is 54.2 Å². The van der Waals surface area contributed by atoms with Gasteiger partial charge in [0, 0.05) is 17.6 Å². The van der Waals surface area contributed by atoms with Crippen molar-refractivity contribution in [3.8, 4) is 0 Å². The first kappa shape index (κ1) is 30.8. The van der Waals surface area contributed by atoms with Gasteiger partial charge in [-0.2, -0.15) is 0 Å². The fourth-order valence-electron chi connectivity index (χ4n) is 4.81. The van der Waals surface area contributed by atoms with Crippen LogP contribution in [0.5, 0.6) is 0 Å². The van der Waals surface area contributed by atoms with Crippen LogP contribution < -0.4 is 14.5 Å². The van der Waals surface area contributed by atoms with Crippen LogP contribution in [0.2, 0.25) is 0 Å². The maximum Gasteiger partial charge on any atom is 0.341 e. The molecule has 2 heterocycles. The molecule has 0 spiro atoms. The highest BCUT2D eigenvalue weighted by molar-refractivity contribution is 7.93. The third-order valence-corrected chi connectivity index (χ3v) is 10.3. The lowest BCUT2D eigenvalue weighted by Gasteiger charge is -2.25. The van der Waals surface area contributed by atoms with E-state index in [2.05, 4.69) is 9.71 Å². The summed E-state index contributed by atoms with van der Waals surface area (Å²) >= 11 is 0. The van der Waals surface area contributed by atoms with Crippen molar-refractivity contribution in [3.63, 3.8) is 0 Å². The van der Waals surface area contributed by atoms with Gasteiger partial charge in [-0.15, -0.1) is 0 Å². The van der Waals surface area contributed by atoms with Gasteiger partial charge in [0.1, 0.15) is 34.7 Å². The number of hydrogen-bond donors (Lipinski definition) is 2. The molecule has 0 amide bonds. The number of aromatic nitrogens is 2. The van der Waals surface area contributed by atoms with E-state index in [0.717, 1.165) is 72.9 Å². The second-order valence-corrected chi connectivity index (χ2v) is 13.8. The zero-order valence-corrected chi connectivity index (χ0v) is 24.9. The van der Waals surface area contributed by atoms with Crippen LogP contribution in [0.1, 0.15) is 29.2 Å². The quantitative estimate of drug-likeness (QED) is 0.218. The van der Waals surface area contributed by atoms with Gasteiger partial charge >= 0.3 is 5.97 Å². The van der Waals surface area contributed by atoms with Crippen LogP contribution in [0.25, 0.3) is 10.9 Å². The predicted octanol–water partition coefficient (Wildman–Crippen LogP) is 5.17. The average Bonchev–Trinajstić information content (AvgIpc) is 3.84. The summed E-state index contributed by atoms with van der Waals surface area (Å²) in [7, 11) is -9.16. The van der Waals surface area contributed by atoms with Crippen molar-refractivity contribution in [2.24, 2.45) is 0 Å². The van der Waals surface area contributed by atoms with Gasteiger partial charge in [0.2, 0.25) is 5.43 Å². The number of nitrogens with zero attached hydrogens (tertiary/aromatic N) is 3. The molecule has 16 heteroatoms. The molecule has 0 aliphatic heterocycles. The number of fused-ring (bicyclic) bond motifs is 1. The molecule has 0 bridgehead atoms. The van der Waals surface area contributed by atoms with Gasteiger partial charge in [0.25, 0.3) is 20.0 Å². The summed E-state index contributed by atoms with van der Waals surface area (Å²) in [6.45, 7) is 0. The number of carboxylic acids is 1. The number of benzene rings is 3. The average molecular weight is 671 g/mol. The maximum atomic E-state index is 16.0. The van der Waals surface area contributed by atoms with Gasteiger partial charge in [-0.05, 0) is 85.6 Å². The summed E-state index contributed by atoms with van der Waals surface area (Å²) < 4.78 is 101. The highest BCUT2D eigenvalue weighted by Crippen LogP contribution is 2.40. The Labute approximate surface area is 259 Å². The lowest BCUT2D eigenvalue weighted by Crippen LogP contribution is -2.29. The number of hydrogen-bond acceptors (Lipinski definition) is 7. The van der Waals surface area contributed by atoms with Gasteiger partial charge in [-0.1, -0.05) is 6.07 Å². The molecule has 6 rings (SSSR count). The number of carboxylic acid groups (broad SMARTS) is 1. The van der Waals surface area contributed by atoms with Crippen molar-refractivity contribution in [2.45, 2.75) is 28.7 Å². The smallest absolute Gasteiger partial charge is 0.341 e. The molecular formula is C30H21F3N4O7S2. The number of carbonyl (C=O) groups is 1. The van der Waals surface area contributed by atoms with Crippen LogP contribution in [-0.4, -0.2) is 37.5 Å². The largest absolute Gasteiger partial charge is 0.477 e. The maximum absolute atomic E-state index is 16.0. The number of halogens is 3. The molecule has 0 unspecified atom stereocenters. The van der Waals surface area contributed by atoms with E-state index in [0.29, 0.717) is 17.1 Å². The minimum absolute atomic E-state index is 0.0429. The highest BCUT2D eigenvalue weighted by Gasteiger charge is 2.33. The van der Waals surface area contributed by atoms with Crippen molar-refractivity contribution in [1.82, 2.24) is 9.55 Å². The Morgan fingerprint density at radius 3 is 2.09 bits per heavy atom. The van der Waals surface area contributed by atoms with Gasteiger partial charge in [-0.25, -0.2) is 44.1 Å². The molecule has 0 atom stereocenters. The predicted molar refractivity (Wildman–Crippen MR) is 161 cm³/mol. The number of anilines is 3. The molecule has 1 aliphatic rings. The molecule has 11 nitrogen and oxygen atoms in total. The summed E-state index contributed by atoms with van der Waals surface area (Å²) in [5, 5.41) is 9.26. The SMILES string of the molecule is O=C(O)c1cn(C2CC2)c2cc(N(c3cccc(NS(=O)(=O)c4ccc(F)cc4)n3)S(=O)(=O)c3ccc(F)cc3)c(F)cc2c1=O. The zero-order chi connectivity index (χ0) is 33.0. The first-order valence-corrected chi connectivity index (χ1v) is 16.4. The molecule has 1 fully saturated rings. The van der Waals surface area contributed by atoms with Gasteiger partial charge in [0.05, 0.1) is 21.0 Å². The second-order valence-electron chi connectivity index (χ2n) is 10.3.